The molecule has 9 heteroatoms. The van der Waals surface area contributed by atoms with Crippen molar-refractivity contribution < 1.29 is 9.15 Å². The maximum Gasteiger partial charge on any atom is 0.181 e. The maximum absolute atomic E-state index is 5.90. The summed E-state index contributed by atoms with van der Waals surface area (Å²) in [5.41, 5.74) is 10.0. The third kappa shape index (κ3) is 5.50. The minimum Gasteiger partial charge on any atom is -0.480 e. The maximum atomic E-state index is 5.90. The molecule has 3 aromatic heterocycles. The molecule has 0 bridgehead atoms. The van der Waals surface area contributed by atoms with Crippen molar-refractivity contribution in [2.24, 2.45) is 0 Å². The largest absolute Gasteiger partial charge is 0.480 e. The van der Waals surface area contributed by atoms with Gasteiger partial charge in [-0.25, -0.2) is 19.9 Å². The van der Waals surface area contributed by atoms with Crippen LogP contribution in [0.1, 0.15) is 38.1 Å². The van der Waals surface area contributed by atoms with Crippen molar-refractivity contribution in [3.63, 3.8) is 0 Å². The molecular weight excluding hydrogens is 394 g/mol. The quantitative estimate of drug-likeness (QED) is 0.307. The monoisotopic (exact) mass is 423 g/mol. The summed E-state index contributed by atoms with van der Waals surface area (Å²) in [6.45, 7) is 11.7. The third-order valence-electron chi connectivity index (χ3n) is 4.56. The number of unbranched alkanes of at least 4 members (excludes halogenated alkanes) is 1. The summed E-state index contributed by atoms with van der Waals surface area (Å²) in [5.74, 6) is 1.61. The highest BCUT2D eigenvalue weighted by molar-refractivity contribution is 5.81. The van der Waals surface area contributed by atoms with Crippen LogP contribution < -0.4 is 11.1 Å². The van der Waals surface area contributed by atoms with Gasteiger partial charge in [0.15, 0.2) is 29.3 Å². The summed E-state index contributed by atoms with van der Waals surface area (Å²) < 4.78 is 13.0. The van der Waals surface area contributed by atoms with Crippen LogP contribution in [-0.4, -0.2) is 31.1 Å². The Bertz CT molecular complexity index is 1150. The molecule has 0 saturated heterocycles. The Hall–Kier alpha value is -3.62. The second-order valence-corrected chi connectivity index (χ2v) is 6.75. The number of hydrogen-bond acceptors (Lipinski definition) is 8. The zero-order valence-electron chi connectivity index (χ0n) is 18.3. The lowest BCUT2D eigenvalue weighted by atomic mass is 10.2. The van der Waals surface area contributed by atoms with E-state index in [1.165, 1.54) is 6.39 Å². The van der Waals surface area contributed by atoms with Crippen LogP contribution >= 0.6 is 0 Å². The standard InChI is InChI=1S/C20H23N7O2.C2H6/c1-13-25-19(21)18-20(26-13)27(11-23-18)7-3-4-8-28-14(2)22-10-15-5-6-16-17(9-15)29-12-24-16;1-2/h5-6,9,11-12,22H,2-4,7-8,10H2,1H3,(H2,21,25,26);1-2H3. The topological polar surface area (TPSA) is 117 Å². The summed E-state index contributed by atoms with van der Waals surface area (Å²) in [5, 5.41) is 3.17. The Balaban J connectivity index is 0.00000132. The van der Waals surface area contributed by atoms with Crippen molar-refractivity contribution in [2.45, 2.75) is 46.7 Å². The number of nitrogens with one attached hydrogen (secondary N) is 1. The molecule has 0 fully saturated rings. The highest BCUT2D eigenvalue weighted by atomic mass is 16.5. The number of imidazole rings is 1. The summed E-state index contributed by atoms with van der Waals surface area (Å²) >= 11 is 0. The number of oxazole rings is 1. The molecule has 3 N–H and O–H groups in total. The highest BCUT2D eigenvalue weighted by Gasteiger charge is 2.09. The van der Waals surface area contributed by atoms with Gasteiger partial charge in [-0.05, 0) is 44.0 Å². The molecule has 0 aliphatic heterocycles. The molecule has 3 heterocycles. The van der Waals surface area contributed by atoms with Crippen LogP contribution in [0.2, 0.25) is 0 Å². The molecule has 1 aromatic carbocycles. The van der Waals surface area contributed by atoms with Gasteiger partial charge in [-0.3, -0.25) is 0 Å². The molecule has 0 amide bonds. The Morgan fingerprint density at radius 1 is 1.23 bits per heavy atom. The van der Waals surface area contributed by atoms with E-state index in [4.69, 9.17) is 14.9 Å². The lowest BCUT2D eigenvalue weighted by molar-refractivity contribution is 0.185. The van der Waals surface area contributed by atoms with Crippen LogP contribution in [0.3, 0.4) is 0 Å². The van der Waals surface area contributed by atoms with Gasteiger partial charge in [0.25, 0.3) is 0 Å². The zero-order valence-corrected chi connectivity index (χ0v) is 18.3. The first-order valence-electron chi connectivity index (χ1n) is 10.4. The Morgan fingerprint density at radius 2 is 2.06 bits per heavy atom. The molecule has 0 aliphatic carbocycles. The van der Waals surface area contributed by atoms with Crippen LogP contribution in [0.5, 0.6) is 0 Å². The summed E-state index contributed by atoms with van der Waals surface area (Å²) in [7, 11) is 0. The van der Waals surface area contributed by atoms with Crippen LogP contribution in [-0.2, 0) is 17.8 Å². The average molecular weight is 424 g/mol. The smallest absolute Gasteiger partial charge is 0.181 e. The van der Waals surface area contributed by atoms with Gasteiger partial charge in [-0.2, -0.15) is 0 Å². The summed E-state index contributed by atoms with van der Waals surface area (Å²) in [6, 6.07) is 5.88. The number of aryl methyl sites for hydroxylation is 2. The zero-order chi connectivity index (χ0) is 22.2. The van der Waals surface area contributed by atoms with Gasteiger partial charge in [0, 0.05) is 13.1 Å². The van der Waals surface area contributed by atoms with E-state index in [1.807, 2.05) is 43.5 Å². The first-order valence-corrected chi connectivity index (χ1v) is 10.4. The minimum atomic E-state index is 0.416. The molecule has 0 spiro atoms. The van der Waals surface area contributed by atoms with Gasteiger partial charge in [0.05, 0.1) is 12.9 Å². The van der Waals surface area contributed by atoms with Gasteiger partial charge in [0.1, 0.15) is 16.9 Å². The lowest BCUT2D eigenvalue weighted by Gasteiger charge is -2.11. The van der Waals surface area contributed by atoms with E-state index in [-0.39, 0.29) is 0 Å². The van der Waals surface area contributed by atoms with Gasteiger partial charge >= 0.3 is 0 Å². The number of rotatable bonds is 9. The Morgan fingerprint density at radius 3 is 2.90 bits per heavy atom. The van der Waals surface area contributed by atoms with Crippen molar-refractivity contribution in [3.8, 4) is 0 Å². The number of aromatic nitrogens is 5. The molecule has 0 radical (unpaired) electrons. The van der Waals surface area contributed by atoms with Crippen molar-refractivity contribution in [1.82, 2.24) is 29.8 Å². The molecule has 9 nitrogen and oxygen atoms in total. The molecule has 164 valence electrons. The van der Waals surface area contributed by atoms with E-state index in [0.717, 1.165) is 41.7 Å². The van der Waals surface area contributed by atoms with E-state index in [1.54, 1.807) is 6.33 Å². The van der Waals surface area contributed by atoms with E-state index >= 15 is 0 Å². The summed E-state index contributed by atoms with van der Waals surface area (Å²) in [6.07, 6.45) is 5.00. The number of nitrogens with zero attached hydrogens (tertiary/aromatic N) is 5. The predicted molar refractivity (Wildman–Crippen MR) is 121 cm³/mol. The van der Waals surface area contributed by atoms with Crippen LogP contribution in [0.25, 0.3) is 22.3 Å². The molecule has 4 rings (SSSR count). The van der Waals surface area contributed by atoms with Crippen LogP contribution in [0.4, 0.5) is 5.82 Å². The second kappa shape index (κ2) is 10.4. The van der Waals surface area contributed by atoms with Crippen molar-refractivity contribution >= 4 is 28.1 Å². The van der Waals surface area contributed by atoms with Crippen molar-refractivity contribution in [2.75, 3.05) is 12.3 Å². The molecule has 0 saturated carbocycles. The fourth-order valence-corrected chi connectivity index (χ4v) is 3.08. The fourth-order valence-electron chi connectivity index (χ4n) is 3.08. The number of benzene rings is 1. The Kier molecular flexibility index (Phi) is 7.42. The third-order valence-corrected chi connectivity index (χ3v) is 4.56. The van der Waals surface area contributed by atoms with Crippen LogP contribution in [0, 0.1) is 6.92 Å². The van der Waals surface area contributed by atoms with Gasteiger partial charge in [0.2, 0.25) is 0 Å². The molecule has 4 aromatic rings. The number of fused-ring (bicyclic) bond motifs is 2. The number of hydrogen-bond donors (Lipinski definition) is 2. The lowest BCUT2D eigenvalue weighted by Crippen LogP contribution is -2.15. The number of nitrogen functional groups attached to an aromatic ring is 1. The Labute approximate surface area is 181 Å². The summed E-state index contributed by atoms with van der Waals surface area (Å²) in [4.78, 5) is 17.0. The van der Waals surface area contributed by atoms with Crippen molar-refractivity contribution in [1.29, 1.82) is 0 Å². The molecule has 0 unspecified atom stereocenters. The second-order valence-electron chi connectivity index (χ2n) is 6.75. The number of anilines is 1. The van der Waals surface area contributed by atoms with Gasteiger partial charge in [-0.15, -0.1) is 0 Å². The van der Waals surface area contributed by atoms with Crippen LogP contribution in [0.15, 0.2) is 47.8 Å². The van der Waals surface area contributed by atoms with Gasteiger partial charge in [-0.1, -0.05) is 19.9 Å². The highest BCUT2D eigenvalue weighted by Crippen LogP contribution is 2.17. The fraction of sp³-hybridized carbons (Fsp3) is 0.364. The molecule has 0 atom stereocenters. The number of ether oxygens (including phenoxy) is 1. The average Bonchev–Trinajstić information content (AvgIpc) is 3.40. The van der Waals surface area contributed by atoms with E-state index in [0.29, 0.717) is 36.2 Å². The molecule has 0 aliphatic rings. The first kappa shape index (κ1) is 22.1. The molecular formula is C22H29N7O2. The van der Waals surface area contributed by atoms with E-state index in [2.05, 4.69) is 31.8 Å². The SMILES string of the molecule is C=C(NCc1ccc2ncoc2c1)OCCCCn1cnc2c(N)nc(C)nc21.CC. The minimum absolute atomic E-state index is 0.416. The number of nitrogens with two attached hydrogens (primary N) is 1. The van der Waals surface area contributed by atoms with E-state index in [9.17, 15) is 0 Å². The molecule has 31 heavy (non-hydrogen) atoms. The van der Waals surface area contributed by atoms with Crippen molar-refractivity contribution in [3.05, 3.63) is 54.8 Å². The predicted octanol–water partition coefficient (Wildman–Crippen LogP) is 3.94. The van der Waals surface area contributed by atoms with E-state index < -0.39 is 0 Å². The van der Waals surface area contributed by atoms with Gasteiger partial charge < -0.3 is 24.8 Å². The first-order chi connectivity index (χ1) is 15.1. The normalized spacial score (nSPS) is 10.7.